The first-order valence-electron chi connectivity index (χ1n) is 8.24. The topological polar surface area (TPSA) is 12.0 Å². The zero-order valence-corrected chi connectivity index (χ0v) is 13.9. The van der Waals surface area contributed by atoms with E-state index < -0.39 is 0 Å². The van der Waals surface area contributed by atoms with Gasteiger partial charge < -0.3 is 5.32 Å². The van der Waals surface area contributed by atoms with Gasteiger partial charge in [0.2, 0.25) is 0 Å². The van der Waals surface area contributed by atoms with Crippen LogP contribution in [-0.4, -0.2) is 6.54 Å². The number of hydrogen-bond acceptors (Lipinski definition) is 1. The molecular weight excluding hydrogens is 242 g/mol. The fraction of sp³-hybridized carbons (Fsp3) is 0.684. The van der Waals surface area contributed by atoms with E-state index in [1.165, 1.54) is 42.4 Å². The Bertz CT molecular complexity index is 437. The van der Waals surface area contributed by atoms with Crippen LogP contribution in [0.4, 0.5) is 0 Å². The molecule has 1 aromatic carbocycles. The Balaban J connectivity index is 2.21. The first-order valence-corrected chi connectivity index (χ1v) is 8.24. The average Bonchev–Trinajstić information content (AvgIpc) is 2.40. The monoisotopic (exact) mass is 273 g/mol. The highest BCUT2D eigenvalue weighted by Gasteiger charge is 2.32. The summed E-state index contributed by atoms with van der Waals surface area (Å²) in [6.07, 6.45) is 5.45. The minimum absolute atomic E-state index is 0.538. The van der Waals surface area contributed by atoms with Crippen molar-refractivity contribution >= 4 is 0 Å². The lowest BCUT2D eigenvalue weighted by molar-refractivity contribution is 0.162. The van der Waals surface area contributed by atoms with Crippen molar-refractivity contribution in [1.29, 1.82) is 0 Å². The second-order valence-electron chi connectivity index (χ2n) is 7.33. The molecule has 1 N–H and O–H groups in total. The van der Waals surface area contributed by atoms with Crippen molar-refractivity contribution < 1.29 is 0 Å². The maximum Gasteiger partial charge on any atom is 0.0351 e. The van der Waals surface area contributed by atoms with Gasteiger partial charge in [0.05, 0.1) is 0 Å². The standard InChI is InChI=1S/C19H31N/c1-6-20-18(16-10-12-19(4,5)13-11-16)17-9-7-8-14(2)15(17)3/h7-9,16,18,20H,6,10-13H2,1-5H3. The third-order valence-electron chi connectivity index (χ3n) is 5.26. The second kappa shape index (κ2) is 6.30. The summed E-state index contributed by atoms with van der Waals surface area (Å²) in [7, 11) is 0. The molecule has 112 valence electrons. The second-order valence-corrected chi connectivity index (χ2v) is 7.33. The molecule has 1 aliphatic carbocycles. The van der Waals surface area contributed by atoms with Crippen LogP contribution in [0.2, 0.25) is 0 Å². The van der Waals surface area contributed by atoms with Crippen molar-refractivity contribution in [3.63, 3.8) is 0 Å². The largest absolute Gasteiger partial charge is 0.310 e. The lowest BCUT2D eigenvalue weighted by Crippen LogP contribution is -2.33. The zero-order chi connectivity index (χ0) is 14.8. The van der Waals surface area contributed by atoms with Gasteiger partial charge in [0.25, 0.3) is 0 Å². The summed E-state index contributed by atoms with van der Waals surface area (Å²) < 4.78 is 0. The van der Waals surface area contributed by atoms with Crippen molar-refractivity contribution in [3.8, 4) is 0 Å². The molecule has 0 saturated heterocycles. The van der Waals surface area contributed by atoms with E-state index in [0.717, 1.165) is 12.5 Å². The van der Waals surface area contributed by atoms with Gasteiger partial charge in [0.1, 0.15) is 0 Å². The normalized spacial score (nSPS) is 20.9. The van der Waals surface area contributed by atoms with Gasteiger partial charge in [-0.25, -0.2) is 0 Å². The Kier molecular flexibility index (Phi) is 4.90. The molecule has 1 aromatic rings. The summed E-state index contributed by atoms with van der Waals surface area (Å²) in [5, 5.41) is 3.76. The molecule has 1 unspecified atom stereocenters. The van der Waals surface area contributed by atoms with E-state index in [1.807, 2.05) is 0 Å². The zero-order valence-electron chi connectivity index (χ0n) is 13.9. The van der Waals surface area contributed by atoms with Crippen molar-refractivity contribution in [1.82, 2.24) is 5.32 Å². The van der Waals surface area contributed by atoms with Crippen LogP contribution in [0, 0.1) is 25.2 Å². The Hall–Kier alpha value is -0.820. The molecule has 1 heteroatoms. The quantitative estimate of drug-likeness (QED) is 0.798. The minimum Gasteiger partial charge on any atom is -0.310 e. The maximum atomic E-state index is 3.76. The molecule has 0 aromatic heterocycles. The van der Waals surface area contributed by atoms with Crippen LogP contribution < -0.4 is 5.32 Å². The van der Waals surface area contributed by atoms with Crippen LogP contribution in [0.15, 0.2) is 18.2 Å². The molecule has 0 aliphatic heterocycles. The van der Waals surface area contributed by atoms with E-state index >= 15 is 0 Å². The SMILES string of the molecule is CCNC(c1cccc(C)c1C)C1CCC(C)(C)CC1. The van der Waals surface area contributed by atoms with Crippen LogP contribution >= 0.6 is 0 Å². The Morgan fingerprint density at radius 2 is 1.85 bits per heavy atom. The summed E-state index contributed by atoms with van der Waals surface area (Å²) in [5.41, 5.74) is 4.97. The van der Waals surface area contributed by atoms with Gasteiger partial charge in [0.15, 0.2) is 0 Å². The molecule has 0 amide bonds. The Morgan fingerprint density at radius 3 is 2.45 bits per heavy atom. The van der Waals surface area contributed by atoms with Gasteiger partial charge in [-0.3, -0.25) is 0 Å². The van der Waals surface area contributed by atoms with Crippen molar-refractivity contribution in [2.75, 3.05) is 6.54 Å². The Labute approximate surface area is 125 Å². The molecular formula is C19H31N. The van der Waals surface area contributed by atoms with Gasteiger partial charge in [-0.05, 0) is 74.1 Å². The molecule has 1 nitrogen and oxygen atoms in total. The molecule has 1 aliphatic rings. The summed E-state index contributed by atoms with van der Waals surface area (Å²) in [6, 6.07) is 7.31. The Morgan fingerprint density at radius 1 is 1.20 bits per heavy atom. The third-order valence-corrected chi connectivity index (χ3v) is 5.26. The lowest BCUT2D eigenvalue weighted by Gasteiger charge is -2.39. The molecule has 1 atom stereocenters. The van der Waals surface area contributed by atoms with E-state index in [2.05, 4.69) is 58.1 Å². The van der Waals surface area contributed by atoms with Gasteiger partial charge in [-0.2, -0.15) is 0 Å². The van der Waals surface area contributed by atoms with E-state index in [4.69, 9.17) is 0 Å². The van der Waals surface area contributed by atoms with Gasteiger partial charge in [-0.1, -0.05) is 39.0 Å². The summed E-state index contributed by atoms with van der Waals surface area (Å²) >= 11 is 0. The highest BCUT2D eigenvalue weighted by molar-refractivity contribution is 5.35. The molecule has 0 spiro atoms. The lowest BCUT2D eigenvalue weighted by atomic mass is 9.70. The van der Waals surface area contributed by atoms with Crippen LogP contribution in [0.3, 0.4) is 0 Å². The van der Waals surface area contributed by atoms with Gasteiger partial charge in [0, 0.05) is 6.04 Å². The van der Waals surface area contributed by atoms with E-state index in [0.29, 0.717) is 11.5 Å². The molecule has 20 heavy (non-hydrogen) atoms. The predicted molar refractivity (Wildman–Crippen MR) is 88.1 cm³/mol. The average molecular weight is 273 g/mol. The number of benzene rings is 1. The summed E-state index contributed by atoms with van der Waals surface area (Å²) in [5.74, 6) is 0.795. The third kappa shape index (κ3) is 3.44. The maximum absolute atomic E-state index is 3.76. The first-order chi connectivity index (χ1) is 9.44. The molecule has 0 heterocycles. The molecule has 1 fully saturated rings. The van der Waals surface area contributed by atoms with Crippen molar-refractivity contribution in [2.24, 2.45) is 11.3 Å². The fourth-order valence-electron chi connectivity index (χ4n) is 3.62. The van der Waals surface area contributed by atoms with Crippen LogP contribution in [-0.2, 0) is 0 Å². The highest BCUT2D eigenvalue weighted by atomic mass is 14.9. The predicted octanol–water partition coefficient (Wildman–Crippen LogP) is 5.17. The van der Waals surface area contributed by atoms with Crippen LogP contribution in [0.5, 0.6) is 0 Å². The summed E-state index contributed by atoms with van der Waals surface area (Å²) in [4.78, 5) is 0. The van der Waals surface area contributed by atoms with Crippen molar-refractivity contribution in [3.05, 3.63) is 34.9 Å². The molecule has 2 rings (SSSR count). The van der Waals surface area contributed by atoms with Crippen molar-refractivity contribution in [2.45, 2.75) is 66.3 Å². The molecule has 1 saturated carbocycles. The fourth-order valence-corrected chi connectivity index (χ4v) is 3.62. The van der Waals surface area contributed by atoms with E-state index in [-0.39, 0.29) is 0 Å². The van der Waals surface area contributed by atoms with Crippen LogP contribution in [0.1, 0.15) is 69.2 Å². The number of nitrogens with one attached hydrogen (secondary N) is 1. The highest BCUT2D eigenvalue weighted by Crippen LogP contribution is 2.43. The van der Waals surface area contributed by atoms with E-state index in [1.54, 1.807) is 0 Å². The molecule has 0 radical (unpaired) electrons. The molecule has 0 bridgehead atoms. The van der Waals surface area contributed by atoms with E-state index in [9.17, 15) is 0 Å². The van der Waals surface area contributed by atoms with Crippen LogP contribution in [0.25, 0.3) is 0 Å². The van der Waals surface area contributed by atoms with Gasteiger partial charge >= 0.3 is 0 Å². The summed E-state index contributed by atoms with van der Waals surface area (Å²) in [6.45, 7) is 12.6. The first kappa shape index (κ1) is 15.6. The van der Waals surface area contributed by atoms with Gasteiger partial charge in [-0.15, -0.1) is 0 Å². The number of aryl methyl sites for hydroxylation is 1. The smallest absolute Gasteiger partial charge is 0.0351 e. The number of rotatable bonds is 4. The minimum atomic E-state index is 0.538. The number of hydrogen-bond donors (Lipinski definition) is 1.